The SMILES string of the molecule is CC1(C)CC1c1noc(CC(O)C(F)(F)F)n1. The van der Waals surface area contributed by atoms with E-state index in [1.807, 2.05) is 13.8 Å². The smallest absolute Gasteiger partial charge is 0.383 e. The summed E-state index contributed by atoms with van der Waals surface area (Å²) in [6.45, 7) is 4.05. The molecule has 1 aliphatic carbocycles. The maximum atomic E-state index is 12.1. The van der Waals surface area contributed by atoms with Crippen LogP contribution in [0.5, 0.6) is 0 Å². The highest BCUT2D eigenvalue weighted by Crippen LogP contribution is 2.57. The van der Waals surface area contributed by atoms with Crippen LogP contribution >= 0.6 is 0 Å². The molecule has 7 heteroatoms. The summed E-state index contributed by atoms with van der Waals surface area (Å²) in [7, 11) is 0. The molecule has 0 saturated heterocycles. The Morgan fingerprint density at radius 3 is 2.59 bits per heavy atom. The summed E-state index contributed by atoms with van der Waals surface area (Å²) in [5, 5.41) is 12.5. The third-order valence-corrected chi connectivity index (χ3v) is 3.05. The summed E-state index contributed by atoms with van der Waals surface area (Å²) < 4.78 is 41.0. The van der Waals surface area contributed by atoms with Gasteiger partial charge in [-0.3, -0.25) is 0 Å². The van der Waals surface area contributed by atoms with E-state index in [1.165, 1.54) is 0 Å². The van der Waals surface area contributed by atoms with Crippen molar-refractivity contribution in [3.8, 4) is 0 Å². The monoisotopic (exact) mass is 250 g/mol. The first-order valence-electron chi connectivity index (χ1n) is 5.27. The molecule has 0 aromatic carbocycles. The summed E-state index contributed by atoms with van der Waals surface area (Å²) in [6.07, 6.45) is -6.91. The van der Waals surface area contributed by atoms with Crippen LogP contribution in [0.4, 0.5) is 13.2 Å². The largest absolute Gasteiger partial charge is 0.414 e. The van der Waals surface area contributed by atoms with E-state index in [-0.39, 0.29) is 17.2 Å². The number of nitrogens with zero attached hydrogens (tertiary/aromatic N) is 2. The topological polar surface area (TPSA) is 59.2 Å². The molecule has 1 heterocycles. The van der Waals surface area contributed by atoms with Crippen LogP contribution in [-0.4, -0.2) is 27.5 Å². The Kier molecular flexibility index (Phi) is 2.68. The van der Waals surface area contributed by atoms with E-state index in [0.717, 1.165) is 6.42 Å². The van der Waals surface area contributed by atoms with Crippen LogP contribution in [0.2, 0.25) is 0 Å². The molecule has 1 aromatic heterocycles. The lowest BCUT2D eigenvalue weighted by atomic mass is 10.1. The number of alkyl halides is 3. The Balaban J connectivity index is 2.00. The predicted octanol–water partition coefficient (Wildman–Crippen LogP) is 2.05. The predicted molar refractivity (Wildman–Crippen MR) is 51.2 cm³/mol. The lowest BCUT2D eigenvalue weighted by Gasteiger charge is -2.11. The average Bonchev–Trinajstić information content (AvgIpc) is 2.60. The quantitative estimate of drug-likeness (QED) is 0.891. The number of hydrogen-bond donors (Lipinski definition) is 1. The Hall–Kier alpha value is -1.11. The molecule has 0 spiro atoms. The molecule has 96 valence electrons. The fraction of sp³-hybridized carbons (Fsp3) is 0.800. The van der Waals surface area contributed by atoms with Gasteiger partial charge in [0.15, 0.2) is 11.9 Å². The van der Waals surface area contributed by atoms with Gasteiger partial charge in [0.2, 0.25) is 5.89 Å². The standard InChI is InChI=1S/C10H13F3N2O2/c1-9(2)4-5(9)8-14-7(17-15-8)3-6(16)10(11,12)13/h5-6,16H,3-4H2,1-2H3. The van der Waals surface area contributed by atoms with Gasteiger partial charge in [0.25, 0.3) is 0 Å². The fourth-order valence-electron chi connectivity index (χ4n) is 1.68. The molecule has 4 nitrogen and oxygen atoms in total. The third kappa shape index (κ3) is 2.59. The zero-order chi connectivity index (χ0) is 12.8. The molecule has 17 heavy (non-hydrogen) atoms. The van der Waals surface area contributed by atoms with Gasteiger partial charge in [-0.2, -0.15) is 18.2 Å². The lowest BCUT2D eigenvalue weighted by Crippen LogP contribution is -2.30. The molecule has 0 amide bonds. The summed E-state index contributed by atoms with van der Waals surface area (Å²) in [5.74, 6) is 0.398. The van der Waals surface area contributed by atoms with E-state index in [4.69, 9.17) is 9.63 Å². The first kappa shape index (κ1) is 12.3. The van der Waals surface area contributed by atoms with Gasteiger partial charge in [0, 0.05) is 5.92 Å². The second kappa shape index (κ2) is 3.69. The summed E-state index contributed by atoms with van der Waals surface area (Å²) in [4.78, 5) is 3.88. The zero-order valence-electron chi connectivity index (χ0n) is 9.45. The second-order valence-corrected chi connectivity index (χ2v) is 5.05. The van der Waals surface area contributed by atoms with Crippen LogP contribution in [0.15, 0.2) is 4.52 Å². The number of aliphatic hydroxyl groups is 1. The Bertz CT molecular complexity index is 414. The van der Waals surface area contributed by atoms with Crippen LogP contribution < -0.4 is 0 Å². The average molecular weight is 250 g/mol. The van der Waals surface area contributed by atoms with E-state index >= 15 is 0 Å². The molecule has 0 bridgehead atoms. The van der Waals surface area contributed by atoms with Crippen molar-refractivity contribution in [2.24, 2.45) is 5.41 Å². The van der Waals surface area contributed by atoms with Gasteiger partial charge in [-0.1, -0.05) is 19.0 Å². The van der Waals surface area contributed by atoms with Gasteiger partial charge in [-0.25, -0.2) is 0 Å². The minimum atomic E-state index is -4.66. The summed E-state index contributed by atoms with van der Waals surface area (Å²) >= 11 is 0. The molecule has 1 aliphatic rings. The lowest BCUT2D eigenvalue weighted by molar-refractivity contribution is -0.204. The Labute approximate surface area is 95.8 Å². The summed E-state index contributed by atoms with van der Waals surface area (Å²) in [5.41, 5.74) is 0.0871. The first-order valence-corrected chi connectivity index (χ1v) is 5.27. The highest BCUT2D eigenvalue weighted by atomic mass is 19.4. The van der Waals surface area contributed by atoms with E-state index in [0.29, 0.717) is 5.82 Å². The number of aliphatic hydroxyl groups excluding tert-OH is 1. The maximum Gasteiger partial charge on any atom is 0.414 e. The first-order chi connectivity index (χ1) is 7.70. The summed E-state index contributed by atoms with van der Waals surface area (Å²) in [6, 6.07) is 0. The highest BCUT2D eigenvalue weighted by molar-refractivity contribution is 5.14. The van der Waals surface area contributed by atoms with Crippen LogP contribution in [0.3, 0.4) is 0 Å². The molecular formula is C10H13F3N2O2. The van der Waals surface area contributed by atoms with Crippen LogP contribution in [-0.2, 0) is 6.42 Å². The van der Waals surface area contributed by atoms with Crippen molar-refractivity contribution in [2.45, 2.75) is 44.9 Å². The highest BCUT2D eigenvalue weighted by Gasteiger charge is 2.49. The van der Waals surface area contributed by atoms with Crippen molar-refractivity contribution in [3.05, 3.63) is 11.7 Å². The normalized spacial score (nSPS) is 24.7. The van der Waals surface area contributed by atoms with E-state index in [2.05, 4.69) is 10.1 Å². The van der Waals surface area contributed by atoms with Gasteiger partial charge in [0.05, 0.1) is 6.42 Å². The molecule has 2 unspecified atom stereocenters. The number of halogens is 3. The molecule has 2 atom stereocenters. The third-order valence-electron chi connectivity index (χ3n) is 3.05. The Morgan fingerprint density at radius 1 is 1.53 bits per heavy atom. The van der Waals surface area contributed by atoms with Crippen molar-refractivity contribution in [2.75, 3.05) is 0 Å². The van der Waals surface area contributed by atoms with Crippen molar-refractivity contribution in [1.29, 1.82) is 0 Å². The van der Waals surface area contributed by atoms with E-state index in [9.17, 15) is 13.2 Å². The molecule has 1 N–H and O–H groups in total. The van der Waals surface area contributed by atoms with Gasteiger partial charge in [-0.15, -0.1) is 0 Å². The van der Waals surface area contributed by atoms with Crippen LogP contribution in [0, 0.1) is 5.41 Å². The number of hydrogen-bond acceptors (Lipinski definition) is 4. The van der Waals surface area contributed by atoms with E-state index < -0.39 is 18.7 Å². The molecule has 1 saturated carbocycles. The molecule has 0 radical (unpaired) electrons. The molecule has 2 rings (SSSR count). The Morgan fingerprint density at radius 2 is 2.12 bits per heavy atom. The van der Waals surface area contributed by atoms with Crippen molar-refractivity contribution >= 4 is 0 Å². The molecule has 1 fully saturated rings. The maximum absolute atomic E-state index is 12.1. The van der Waals surface area contributed by atoms with Crippen LogP contribution in [0.1, 0.15) is 37.9 Å². The van der Waals surface area contributed by atoms with Crippen molar-refractivity contribution < 1.29 is 22.8 Å². The molecule has 1 aromatic rings. The zero-order valence-corrected chi connectivity index (χ0v) is 9.45. The molecule has 0 aliphatic heterocycles. The molecular weight excluding hydrogens is 237 g/mol. The van der Waals surface area contributed by atoms with Gasteiger partial charge in [-0.05, 0) is 11.8 Å². The van der Waals surface area contributed by atoms with Gasteiger partial charge < -0.3 is 9.63 Å². The van der Waals surface area contributed by atoms with Crippen molar-refractivity contribution in [1.82, 2.24) is 10.1 Å². The fourth-order valence-corrected chi connectivity index (χ4v) is 1.68. The van der Waals surface area contributed by atoms with Gasteiger partial charge >= 0.3 is 6.18 Å². The van der Waals surface area contributed by atoms with E-state index in [1.54, 1.807) is 0 Å². The minimum Gasteiger partial charge on any atom is -0.383 e. The van der Waals surface area contributed by atoms with Crippen molar-refractivity contribution in [3.63, 3.8) is 0 Å². The van der Waals surface area contributed by atoms with Gasteiger partial charge in [0.1, 0.15) is 0 Å². The van der Waals surface area contributed by atoms with Crippen LogP contribution in [0.25, 0.3) is 0 Å². The second-order valence-electron chi connectivity index (χ2n) is 5.05. The number of rotatable bonds is 3. The minimum absolute atomic E-state index is 0.0871. The number of aromatic nitrogens is 2.